The molecule has 0 amide bonds. The van der Waals surface area contributed by atoms with Gasteiger partial charge in [0, 0.05) is 25.4 Å². The SMILES string of the molecule is Fc1ccc(Cl)c(F)c1-c1nccn1CCc1ccco1. The maximum Gasteiger partial charge on any atom is 0.155 e. The lowest BCUT2D eigenvalue weighted by Crippen LogP contribution is -2.04. The van der Waals surface area contributed by atoms with Crippen molar-refractivity contribution in [1.82, 2.24) is 9.55 Å². The summed E-state index contributed by atoms with van der Waals surface area (Å²) in [5.74, 6) is -0.495. The number of nitrogens with zero attached hydrogens (tertiary/aromatic N) is 2. The van der Waals surface area contributed by atoms with E-state index in [-0.39, 0.29) is 16.4 Å². The summed E-state index contributed by atoms with van der Waals surface area (Å²) in [4.78, 5) is 4.04. The van der Waals surface area contributed by atoms with E-state index >= 15 is 0 Å². The van der Waals surface area contributed by atoms with E-state index in [0.29, 0.717) is 13.0 Å². The van der Waals surface area contributed by atoms with Crippen molar-refractivity contribution in [2.24, 2.45) is 0 Å². The van der Waals surface area contributed by atoms with Gasteiger partial charge in [-0.3, -0.25) is 0 Å². The summed E-state index contributed by atoms with van der Waals surface area (Å²) in [7, 11) is 0. The Kier molecular flexibility index (Phi) is 3.75. The summed E-state index contributed by atoms with van der Waals surface area (Å²) in [6, 6.07) is 5.95. The van der Waals surface area contributed by atoms with E-state index in [1.54, 1.807) is 23.1 Å². The molecule has 0 bridgehead atoms. The molecule has 2 aromatic heterocycles. The molecule has 3 nitrogen and oxygen atoms in total. The molecule has 0 saturated heterocycles. The van der Waals surface area contributed by atoms with Crippen LogP contribution in [-0.4, -0.2) is 9.55 Å². The van der Waals surface area contributed by atoms with Gasteiger partial charge >= 0.3 is 0 Å². The van der Waals surface area contributed by atoms with Crippen LogP contribution in [0.4, 0.5) is 8.78 Å². The minimum atomic E-state index is -0.804. The molecule has 0 aliphatic carbocycles. The first kappa shape index (κ1) is 13.8. The summed E-state index contributed by atoms with van der Waals surface area (Å²) in [5.41, 5.74) is -0.216. The zero-order chi connectivity index (χ0) is 14.8. The van der Waals surface area contributed by atoms with Gasteiger partial charge in [0.05, 0.1) is 16.8 Å². The van der Waals surface area contributed by atoms with Crippen molar-refractivity contribution in [3.63, 3.8) is 0 Å². The van der Waals surface area contributed by atoms with E-state index in [1.807, 2.05) is 6.07 Å². The van der Waals surface area contributed by atoms with Gasteiger partial charge in [-0.1, -0.05) is 11.6 Å². The van der Waals surface area contributed by atoms with Crippen LogP contribution in [0.3, 0.4) is 0 Å². The Morgan fingerprint density at radius 2 is 2.10 bits per heavy atom. The molecular formula is C15H11ClF2N2O. The summed E-state index contributed by atoms with van der Waals surface area (Å²) >= 11 is 5.72. The number of hydrogen-bond acceptors (Lipinski definition) is 2. The Morgan fingerprint density at radius 3 is 2.86 bits per heavy atom. The van der Waals surface area contributed by atoms with Crippen molar-refractivity contribution in [1.29, 1.82) is 0 Å². The molecule has 0 aliphatic rings. The number of rotatable bonds is 4. The standard InChI is InChI=1S/C15H11ClF2N2O/c16-11-3-4-12(17)13(14(11)18)15-19-6-8-20(15)7-5-10-2-1-9-21-10/h1-4,6,8-9H,5,7H2. The predicted octanol–water partition coefficient (Wildman–Crippen LogP) is 4.32. The molecule has 21 heavy (non-hydrogen) atoms. The number of imidazole rings is 1. The van der Waals surface area contributed by atoms with Gasteiger partial charge in [-0.15, -0.1) is 0 Å². The smallest absolute Gasteiger partial charge is 0.155 e. The fourth-order valence-electron chi connectivity index (χ4n) is 2.14. The number of halogens is 3. The van der Waals surface area contributed by atoms with Gasteiger partial charge in [-0.25, -0.2) is 13.8 Å². The summed E-state index contributed by atoms with van der Waals surface area (Å²) in [6.07, 6.45) is 5.34. The van der Waals surface area contributed by atoms with Gasteiger partial charge in [0.1, 0.15) is 17.4 Å². The zero-order valence-electron chi connectivity index (χ0n) is 10.9. The van der Waals surface area contributed by atoms with Crippen LogP contribution in [0.2, 0.25) is 5.02 Å². The third kappa shape index (κ3) is 2.69. The molecule has 3 aromatic rings. The van der Waals surface area contributed by atoms with Crippen LogP contribution >= 0.6 is 11.6 Å². The van der Waals surface area contributed by atoms with Crippen molar-refractivity contribution in [2.75, 3.05) is 0 Å². The van der Waals surface area contributed by atoms with E-state index in [1.165, 1.54) is 12.3 Å². The molecule has 0 saturated carbocycles. The van der Waals surface area contributed by atoms with Crippen molar-refractivity contribution in [3.8, 4) is 11.4 Å². The van der Waals surface area contributed by atoms with Crippen molar-refractivity contribution < 1.29 is 13.2 Å². The largest absolute Gasteiger partial charge is 0.469 e. The highest BCUT2D eigenvalue weighted by molar-refractivity contribution is 6.31. The highest BCUT2D eigenvalue weighted by atomic mass is 35.5. The molecule has 0 aliphatic heterocycles. The predicted molar refractivity (Wildman–Crippen MR) is 75.0 cm³/mol. The van der Waals surface area contributed by atoms with E-state index in [2.05, 4.69) is 4.98 Å². The first-order valence-electron chi connectivity index (χ1n) is 6.34. The van der Waals surface area contributed by atoms with E-state index in [4.69, 9.17) is 16.0 Å². The minimum Gasteiger partial charge on any atom is -0.469 e. The van der Waals surface area contributed by atoms with Gasteiger partial charge in [-0.05, 0) is 24.3 Å². The molecule has 2 heterocycles. The Morgan fingerprint density at radius 1 is 1.24 bits per heavy atom. The van der Waals surface area contributed by atoms with E-state index < -0.39 is 11.6 Å². The van der Waals surface area contributed by atoms with Crippen molar-refractivity contribution in [3.05, 3.63) is 65.3 Å². The molecule has 0 unspecified atom stereocenters. The van der Waals surface area contributed by atoms with Crippen LogP contribution in [0.25, 0.3) is 11.4 Å². The number of benzene rings is 1. The lowest BCUT2D eigenvalue weighted by Gasteiger charge is -2.09. The van der Waals surface area contributed by atoms with E-state index in [0.717, 1.165) is 11.8 Å². The second kappa shape index (κ2) is 5.69. The molecule has 108 valence electrons. The van der Waals surface area contributed by atoms with Gasteiger partial charge in [0.2, 0.25) is 0 Å². The fourth-order valence-corrected chi connectivity index (χ4v) is 2.29. The third-order valence-corrected chi connectivity index (χ3v) is 3.45. The highest BCUT2D eigenvalue weighted by Crippen LogP contribution is 2.29. The molecule has 0 fully saturated rings. The molecule has 0 atom stereocenters. The second-order valence-electron chi connectivity index (χ2n) is 4.49. The zero-order valence-corrected chi connectivity index (χ0v) is 11.6. The summed E-state index contributed by atoms with van der Waals surface area (Å²) < 4.78 is 34.9. The number of aromatic nitrogens is 2. The Labute approximate surface area is 124 Å². The summed E-state index contributed by atoms with van der Waals surface area (Å²) in [6.45, 7) is 0.494. The monoisotopic (exact) mass is 308 g/mol. The van der Waals surface area contributed by atoms with Gasteiger partial charge in [0.15, 0.2) is 5.82 Å². The van der Waals surface area contributed by atoms with Gasteiger partial charge in [0.25, 0.3) is 0 Å². The average molecular weight is 309 g/mol. The van der Waals surface area contributed by atoms with E-state index in [9.17, 15) is 8.78 Å². The van der Waals surface area contributed by atoms with Gasteiger partial charge in [-0.2, -0.15) is 0 Å². The quantitative estimate of drug-likeness (QED) is 0.672. The Bertz CT molecular complexity index is 753. The van der Waals surface area contributed by atoms with Crippen LogP contribution in [0.15, 0.2) is 47.3 Å². The third-order valence-electron chi connectivity index (χ3n) is 3.16. The van der Waals surface area contributed by atoms with Gasteiger partial charge < -0.3 is 8.98 Å². The summed E-state index contributed by atoms with van der Waals surface area (Å²) in [5, 5.41) is -0.132. The second-order valence-corrected chi connectivity index (χ2v) is 4.90. The van der Waals surface area contributed by atoms with Crippen LogP contribution in [0, 0.1) is 11.6 Å². The van der Waals surface area contributed by atoms with Crippen LogP contribution < -0.4 is 0 Å². The van der Waals surface area contributed by atoms with Crippen LogP contribution in [0.1, 0.15) is 5.76 Å². The maximum absolute atomic E-state index is 14.1. The lowest BCUT2D eigenvalue weighted by molar-refractivity contribution is 0.491. The highest BCUT2D eigenvalue weighted by Gasteiger charge is 2.19. The normalized spacial score (nSPS) is 11.0. The molecule has 1 aromatic carbocycles. The molecule has 3 rings (SSSR count). The minimum absolute atomic E-state index is 0.132. The van der Waals surface area contributed by atoms with Crippen molar-refractivity contribution >= 4 is 11.6 Å². The first-order chi connectivity index (χ1) is 10.2. The topological polar surface area (TPSA) is 31.0 Å². The number of furan rings is 1. The lowest BCUT2D eigenvalue weighted by atomic mass is 10.2. The van der Waals surface area contributed by atoms with Crippen molar-refractivity contribution in [2.45, 2.75) is 13.0 Å². The molecular weight excluding hydrogens is 298 g/mol. The molecule has 0 spiro atoms. The first-order valence-corrected chi connectivity index (χ1v) is 6.72. The van der Waals surface area contributed by atoms with Crippen LogP contribution in [0.5, 0.6) is 0 Å². The average Bonchev–Trinajstić information content (AvgIpc) is 3.12. The Hall–Kier alpha value is -2.14. The molecule has 0 radical (unpaired) electrons. The Balaban J connectivity index is 1.94. The molecule has 0 N–H and O–H groups in total. The number of hydrogen-bond donors (Lipinski definition) is 0. The maximum atomic E-state index is 14.1. The van der Waals surface area contributed by atoms with Crippen LogP contribution in [-0.2, 0) is 13.0 Å². The molecule has 6 heteroatoms. The number of aryl methyl sites for hydroxylation is 2. The fraction of sp³-hybridized carbons (Fsp3) is 0.133.